The van der Waals surface area contributed by atoms with Crippen molar-refractivity contribution in [2.24, 2.45) is 0 Å². The number of fused-ring (bicyclic) bond motifs is 2. The molecular formula is C25H33NO4. The number of ether oxygens (including phenoxy) is 3. The quantitative estimate of drug-likeness (QED) is 0.704. The average Bonchev–Trinajstić information content (AvgIpc) is 3.01. The fraction of sp³-hybridized carbons (Fsp3) is 0.520. The van der Waals surface area contributed by atoms with E-state index in [0.717, 1.165) is 54.9 Å². The molecule has 0 aromatic heterocycles. The molecule has 0 aliphatic carbocycles. The van der Waals surface area contributed by atoms with Crippen LogP contribution in [0.25, 0.3) is 0 Å². The minimum absolute atomic E-state index is 0.397. The summed E-state index contributed by atoms with van der Waals surface area (Å²) in [4.78, 5) is 2.59. The normalized spacial score (nSPS) is 26.0. The van der Waals surface area contributed by atoms with Crippen LogP contribution in [0.5, 0.6) is 11.5 Å². The van der Waals surface area contributed by atoms with Crippen LogP contribution < -0.4 is 9.47 Å². The Kier molecular flexibility index (Phi) is 6.32. The lowest BCUT2D eigenvalue weighted by molar-refractivity contribution is -0.0595. The van der Waals surface area contributed by atoms with Gasteiger partial charge in [0.15, 0.2) is 0 Å². The lowest BCUT2D eigenvalue weighted by atomic mass is 9.80. The number of piperidine rings is 1. The van der Waals surface area contributed by atoms with Crippen LogP contribution in [0.1, 0.15) is 49.3 Å². The molecule has 2 bridgehead atoms. The number of benzene rings is 2. The van der Waals surface area contributed by atoms with Gasteiger partial charge in [-0.05, 0) is 68.0 Å². The summed E-state index contributed by atoms with van der Waals surface area (Å²) in [5.41, 5.74) is 2.62. The Bertz CT molecular complexity index is 837. The lowest BCUT2D eigenvalue weighted by Gasteiger charge is -2.44. The molecule has 0 unspecified atom stereocenters. The molecule has 2 atom stereocenters. The van der Waals surface area contributed by atoms with Gasteiger partial charge in [-0.2, -0.15) is 0 Å². The Labute approximate surface area is 179 Å². The molecule has 0 spiro atoms. The van der Waals surface area contributed by atoms with Crippen molar-refractivity contribution in [3.05, 3.63) is 59.2 Å². The van der Waals surface area contributed by atoms with Gasteiger partial charge < -0.3 is 19.3 Å². The molecule has 0 amide bonds. The van der Waals surface area contributed by atoms with Crippen molar-refractivity contribution in [3.63, 3.8) is 0 Å². The van der Waals surface area contributed by atoms with Crippen molar-refractivity contribution >= 4 is 0 Å². The first-order chi connectivity index (χ1) is 14.6. The van der Waals surface area contributed by atoms with E-state index in [1.54, 1.807) is 14.2 Å². The Morgan fingerprint density at radius 2 is 1.70 bits per heavy atom. The summed E-state index contributed by atoms with van der Waals surface area (Å²) in [5.74, 6) is 1.70. The molecular weight excluding hydrogens is 378 g/mol. The van der Waals surface area contributed by atoms with Crippen LogP contribution in [0, 0.1) is 0 Å². The Hall–Kier alpha value is -2.08. The van der Waals surface area contributed by atoms with Crippen LogP contribution in [0.2, 0.25) is 0 Å². The van der Waals surface area contributed by atoms with E-state index >= 15 is 0 Å². The number of rotatable bonds is 8. The first kappa shape index (κ1) is 21.2. The zero-order valence-corrected chi connectivity index (χ0v) is 18.3. The lowest BCUT2D eigenvalue weighted by Crippen LogP contribution is -2.49. The highest BCUT2D eigenvalue weighted by Crippen LogP contribution is 2.46. The molecule has 1 N–H and O–H groups in total. The minimum atomic E-state index is -0.755. The maximum absolute atomic E-state index is 11.5. The summed E-state index contributed by atoms with van der Waals surface area (Å²) in [5, 5.41) is 11.5. The summed E-state index contributed by atoms with van der Waals surface area (Å²) < 4.78 is 16.4. The van der Waals surface area contributed by atoms with E-state index in [2.05, 4.69) is 17.0 Å². The van der Waals surface area contributed by atoms with Gasteiger partial charge in [-0.25, -0.2) is 0 Å². The van der Waals surface area contributed by atoms with Crippen molar-refractivity contribution in [2.75, 3.05) is 20.8 Å². The van der Waals surface area contributed by atoms with Gasteiger partial charge >= 0.3 is 0 Å². The zero-order chi connectivity index (χ0) is 21.1. The van der Waals surface area contributed by atoms with Crippen LogP contribution in [-0.2, 0) is 23.5 Å². The third-order valence-corrected chi connectivity index (χ3v) is 6.72. The molecule has 162 valence electrons. The first-order valence-corrected chi connectivity index (χ1v) is 10.9. The summed E-state index contributed by atoms with van der Waals surface area (Å²) in [6, 6.07) is 15.1. The average molecular weight is 412 g/mol. The zero-order valence-electron chi connectivity index (χ0n) is 18.3. The van der Waals surface area contributed by atoms with Crippen molar-refractivity contribution < 1.29 is 19.3 Å². The van der Waals surface area contributed by atoms with Gasteiger partial charge in [0.2, 0.25) is 0 Å². The van der Waals surface area contributed by atoms with Crippen LogP contribution >= 0.6 is 0 Å². The van der Waals surface area contributed by atoms with Crippen LogP contribution in [0.15, 0.2) is 42.5 Å². The summed E-state index contributed by atoms with van der Waals surface area (Å²) in [6.07, 6.45) is 3.84. The predicted molar refractivity (Wildman–Crippen MR) is 117 cm³/mol. The van der Waals surface area contributed by atoms with Crippen molar-refractivity contribution in [1.29, 1.82) is 0 Å². The monoisotopic (exact) mass is 411 g/mol. The molecule has 0 saturated carbocycles. The molecule has 5 heteroatoms. The molecule has 2 aromatic rings. The van der Waals surface area contributed by atoms with Gasteiger partial charge in [0, 0.05) is 30.8 Å². The number of nitrogens with zero attached hydrogens (tertiary/aromatic N) is 1. The smallest absolute Gasteiger partial charge is 0.124 e. The fourth-order valence-electron chi connectivity index (χ4n) is 5.18. The van der Waals surface area contributed by atoms with E-state index in [1.165, 1.54) is 5.56 Å². The van der Waals surface area contributed by atoms with E-state index < -0.39 is 5.60 Å². The van der Waals surface area contributed by atoms with Crippen molar-refractivity contribution in [1.82, 2.24) is 4.90 Å². The molecule has 30 heavy (non-hydrogen) atoms. The number of methoxy groups -OCH3 is 2. The van der Waals surface area contributed by atoms with E-state index in [9.17, 15) is 5.11 Å². The summed E-state index contributed by atoms with van der Waals surface area (Å²) in [7, 11) is 3.37. The van der Waals surface area contributed by atoms with E-state index in [-0.39, 0.29) is 0 Å². The molecule has 2 aliphatic rings. The number of hydrogen-bond acceptors (Lipinski definition) is 5. The number of hydrogen-bond donors (Lipinski definition) is 1. The first-order valence-electron chi connectivity index (χ1n) is 10.9. The standard InChI is InChI=1S/C25H33NO4/c1-4-30-17-19-13-18(5-12-24(19)29-3)16-26-21-8-9-22(26)15-25(27,14-21)20-6-10-23(28-2)11-7-20/h5-7,10-13,21-22,27H,4,8-9,14-17H2,1-3H3/t21-,22-/m0/s1. The van der Waals surface area contributed by atoms with Gasteiger partial charge in [0.1, 0.15) is 11.5 Å². The largest absolute Gasteiger partial charge is 0.497 e. The van der Waals surface area contributed by atoms with E-state index in [1.807, 2.05) is 37.3 Å². The molecule has 2 saturated heterocycles. The highest BCUT2D eigenvalue weighted by atomic mass is 16.5. The highest BCUT2D eigenvalue weighted by Gasteiger charge is 2.48. The van der Waals surface area contributed by atoms with Crippen LogP contribution in [0.3, 0.4) is 0 Å². The maximum Gasteiger partial charge on any atom is 0.124 e. The SMILES string of the molecule is CCOCc1cc(CN2[C@H]3CC[C@H]2CC(O)(c2ccc(OC)cc2)C3)ccc1OC. The minimum Gasteiger partial charge on any atom is -0.497 e. The van der Waals surface area contributed by atoms with Gasteiger partial charge in [-0.3, -0.25) is 4.90 Å². The Morgan fingerprint density at radius 1 is 1.00 bits per heavy atom. The molecule has 2 heterocycles. The van der Waals surface area contributed by atoms with Gasteiger partial charge in [-0.1, -0.05) is 18.2 Å². The molecule has 0 radical (unpaired) electrons. The topological polar surface area (TPSA) is 51.2 Å². The molecule has 2 aliphatic heterocycles. The second kappa shape index (κ2) is 8.96. The van der Waals surface area contributed by atoms with Crippen LogP contribution in [-0.4, -0.2) is 42.9 Å². The van der Waals surface area contributed by atoms with Gasteiger partial charge in [0.25, 0.3) is 0 Å². The predicted octanol–water partition coefficient (Wildman–Crippen LogP) is 4.25. The van der Waals surface area contributed by atoms with Crippen molar-refractivity contribution in [2.45, 2.75) is 63.4 Å². The van der Waals surface area contributed by atoms with Crippen molar-refractivity contribution in [3.8, 4) is 11.5 Å². The maximum atomic E-state index is 11.5. The fourth-order valence-corrected chi connectivity index (χ4v) is 5.18. The molecule has 2 fully saturated rings. The highest BCUT2D eigenvalue weighted by molar-refractivity contribution is 5.37. The Balaban J connectivity index is 1.49. The molecule has 2 aromatic carbocycles. The second-order valence-electron chi connectivity index (χ2n) is 8.51. The van der Waals surface area contributed by atoms with Gasteiger partial charge in [0.05, 0.1) is 26.4 Å². The Morgan fingerprint density at radius 3 is 2.30 bits per heavy atom. The molecule has 4 rings (SSSR count). The van der Waals surface area contributed by atoms with Gasteiger partial charge in [-0.15, -0.1) is 0 Å². The third kappa shape index (κ3) is 4.20. The number of aliphatic hydroxyl groups is 1. The summed E-state index contributed by atoms with van der Waals surface area (Å²) >= 11 is 0. The molecule has 5 nitrogen and oxygen atoms in total. The van der Waals surface area contributed by atoms with Crippen LogP contribution in [0.4, 0.5) is 0 Å². The van der Waals surface area contributed by atoms with E-state index in [0.29, 0.717) is 25.3 Å². The summed E-state index contributed by atoms with van der Waals surface area (Å²) in [6.45, 7) is 4.16. The van der Waals surface area contributed by atoms with E-state index in [4.69, 9.17) is 14.2 Å². The third-order valence-electron chi connectivity index (χ3n) is 6.72. The second-order valence-corrected chi connectivity index (χ2v) is 8.51.